The van der Waals surface area contributed by atoms with Crippen LogP contribution in [0.2, 0.25) is 0 Å². The fraction of sp³-hybridized carbons (Fsp3) is 0.733. The number of aromatic nitrogens is 2. The van der Waals surface area contributed by atoms with Crippen molar-refractivity contribution in [2.45, 2.75) is 39.3 Å². The van der Waals surface area contributed by atoms with Crippen molar-refractivity contribution in [2.24, 2.45) is 11.8 Å². The molecule has 0 aliphatic carbocycles. The Morgan fingerprint density at radius 1 is 1.52 bits per heavy atom. The van der Waals surface area contributed by atoms with Gasteiger partial charge in [0.25, 0.3) is 5.91 Å². The zero-order valence-corrected chi connectivity index (χ0v) is 12.7. The van der Waals surface area contributed by atoms with Crippen molar-refractivity contribution in [3.05, 3.63) is 17.0 Å². The van der Waals surface area contributed by atoms with Crippen LogP contribution in [0, 0.1) is 11.8 Å². The number of nitrogens with one attached hydrogen (secondary N) is 3. The highest BCUT2D eigenvalue weighted by Crippen LogP contribution is 2.26. The van der Waals surface area contributed by atoms with Crippen LogP contribution >= 0.6 is 0 Å². The molecule has 1 saturated heterocycles. The topological polar surface area (TPSA) is 79.0 Å². The smallest absolute Gasteiger partial charge is 0.272 e. The largest absolute Gasteiger partial charge is 0.378 e. The minimum atomic E-state index is -0.0781. The van der Waals surface area contributed by atoms with E-state index in [1.54, 1.807) is 0 Å². The van der Waals surface area contributed by atoms with E-state index in [-0.39, 0.29) is 12.0 Å². The molecule has 0 saturated carbocycles. The predicted molar refractivity (Wildman–Crippen MR) is 79.0 cm³/mol. The molecular formula is C15H24N4O2. The van der Waals surface area contributed by atoms with E-state index in [0.717, 1.165) is 43.8 Å². The van der Waals surface area contributed by atoms with Gasteiger partial charge in [-0.15, -0.1) is 0 Å². The molecule has 3 rings (SSSR count). The third-order valence-corrected chi connectivity index (χ3v) is 4.47. The number of carbonyl (C=O) groups excluding carboxylic acids is 1. The fourth-order valence-electron chi connectivity index (χ4n) is 3.33. The number of fused-ring (bicyclic) bond motifs is 1. The lowest BCUT2D eigenvalue weighted by molar-refractivity contribution is 0.0533. The summed E-state index contributed by atoms with van der Waals surface area (Å²) in [5.41, 5.74) is 2.64. The molecule has 0 aromatic carbocycles. The van der Waals surface area contributed by atoms with E-state index in [1.807, 2.05) is 0 Å². The summed E-state index contributed by atoms with van der Waals surface area (Å²) in [6, 6.07) is 0. The second kappa shape index (κ2) is 6.15. The average Bonchev–Trinajstić information content (AvgIpc) is 3.11. The number of carbonyl (C=O) groups is 1. The monoisotopic (exact) mass is 292 g/mol. The highest BCUT2D eigenvalue weighted by Gasteiger charge is 2.31. The third-order valence-electron chi connectivity index (χ3n) is 4.47. The quantitative estimate of drug-likeness (QED) is 0.768. The van der Waals surface area contributed by atoms with Gasteiger partial charge in [0, 0.05) is 49.8 Å². The van der Waals surface area contributed by atoms with Gasteiger partial charge in [-0.2, -0.15) is 5.10 Å². The van der Waals surface area contributed by atoms with E-state index >= 15 is 0 Å². The maximum absolute atomic E-state index is 12.3. The van der Waals surface area contributed by atoms with Crippen molar-refractivity contribution in [2.75, 3.05) is 19.7 Å². The Morgan fingerprint density at radius 2 is 2.38 bits per heavy atom. The van der Waals surface area contributed by atoms with Crippen LogP contribution < -0.4 is 10.6 Å². The molecule has 6 nitrogen and oxygen atoms in total. The first-order valence-electron chi connectivity index (χ1n) is 7.83. The first kappa shape index (κ1) is 14.5. The van der Waals surface area contributed by atoms with Crippen LogP contribution in [0.3, 0.4) is 0 Å². The van der Waals surface area contributed by atoms with Crippen molar-refractivity contribution in [3.63, 3.8) is 0 Å². The summed E-state index contributed by atoms with van der Waals surface area (Å²) in [6.45, 7) is 7.45. The number of H-pyrrole nitrogens is 1. The zero-order valence-electron chi connectivity index (χ0n) is 12.7. The molecule has 3 N–H and O–H groups in total. The molecule has 1 aromatic rings. The lowest BCUT2D eigenvalue weighted by Crippen LogP contribution is -2.35. The molecule has 116 valence electrons. The van der Waals surface area contributed by atoms with Gasteiger partial charge in [-0.25, -0.2) is 0 Å². The standard InChI is InChI=1S/C15H24N4O2/c1-9(2)14-10(4-6-21-14)7-17-15(20)13-11-8-16-5-3-12(11)18-19-13/h9-10,14,16H,3-8H2,1-2H3,(H,17,20)(H,18,19). The van der Waals surface area contributed by atoms with E-state index in [9.17, 15) is 4.79 Å². The van der Waals surface area contributed by atoms with E-state index in [4.69, 9.17) is 4.74 Å². The maximum atomic E-state index is 12.3. The predicted octanol–water partition coefficient (Wildman–Crippen LogP) is 0.846. The normalized spacial score (nSPS) is 25.1. The lowest BCUT2D eigenvalue weighted by atomic mass is 9.93. The van der Waals surface area contributed by atoms with Crippen LogP contribution in [0.15, 0.2) is 0 Å². The molecule has 2 unspecified atom stereocenters. The maximum Gasteiger partial charge on any atom is 0.272 e. The van der Waals surface area contributed by atoms with Crippen molar-refractivity contribution >= 4 is 5.91 Å². The number of aromatic amines is 1. The SMILES string of the molecule is CC(C)C1OCCC1CNC(=O)c1n[nH]c2c1CNCC2. The van der Waals surface area contributed by atoms with Gasteiger partial charge in [-0.05, 0) is 12.3 Å². The number of amides is 1. The number of nitrogens with zero attached hydrogens (tertiary/aromatic N) is 1. The van der Waals surface area contributed by atoms with Crippen molar-refractivity contribution in [1.29, 1.82) is 0 Å². The summed E-state index contributed by atoms with van der Waals surface area (Å²) in [6.07, 6.45) is 2.17. The first-order chi connectivity index (χ1) is 10.2. The van der Waals surface area contributed by atoms with Crippen LogP contribution in [0.5, 0.6) is 0 Å². The molecule has 2 aliphatic heterocycles. The Labute approximate surface area is 125 Å². The minimum Gasteiger partial charge on any atom is -0.378 e. The molecule has 2 aliphatic rings. The average molecular weight is 292 g/mol. The number of ether oxygens (including phenoxy) is 1. The molecule has 1 aromatic heterocycles. The van der Waals surface area contributed by atoms with Crippen molar-refractivity contribution in [1.82, 2.24) is 20.8 Å². The summed E-state index contributed by atoms with van der Waals surface area (Å²) in [5.74, 6) is 0.809. The van der Waals surface area contributed by atoms with Crippen molar-refractivity contribution < 1.29 is 9.53 Å². The van der Waals surface area contributed by atoms with E-state index < -0.39 is 0 Å². The van der Waals surface area contributed by atoms with E-state index in [0.29, 0.717) is 24.1 Å². The van der Waals surface area contributed by atoms with Crippen LogP contribution in [0.1, 0.15) is 42.0 Å². The van der Waals surface area contributed by atoms with Gasteiger partial charge in [0.1, 0.15) is 0 Å². The molecule has 2 atom stereocenters. The molecule has 3 heterocycles. The Balaban J connectivity index is 1.61. The molecule has 0 spiro atoms. The van der Waals surface area contributed by atoms with Gasteiger partial charge >= 0.3 is 0 Å². The summed E-state index contributed by atoms with van der Waals surface area (Å²) < 4.78 is 5.76. The lowest BCUT2D eigenvalue weighted by Gasteiger charge is -2.22. The second-order valence-corrected chi connectivity index (χ2v) is 6.29. The van der Waals surface area contributed by atoms with Gasteiger partial charge in [0.2, 0.25) is 0 Å². The molecule has 6 heteroatoms. The van der Waals surface area contributed by atoms with Gasteiger partial charge < -0.3 is 15.4 Å². The zero-order chi connectivity index (χ0) is 14.8. The van der Waals surface area contributed by atoms with Crippen LogP contribution in [-0.4, -0.2) is 41.9 Å². The molecular weight excluding hydrogens is 268 g/mol. The third kappa shape index (κ3) is 2.96. The highest BCUT2D eigenvalue weighted by atomic mass is 16.5. The minimum absolute atomic E-state index is 0.0781. The van der Waals surface area contributed by atoms with Gasteiger partial charge in [-0.3, -0.25) is 9.89 Å². The summed E-state index contributed by atoms with van der Waals surface area (Å²) >= 11 is 0. The highest BCUT2D eigenvalue weighted by molar-refractivity contribution is 5.94. The van der Waals surface area contributed by atoms with Gasteiger partial charge in [-0.1, -0.05) is 13.8 Å². The fourth-order valence-corrected chi connectivity index (χ4v) is 3.33. The Morgan fingerprint density at radius 3 is 3.19 bits per heavy atom. The van der Waals surface area contributed by atoms with E-state index in [2.05, 4.69) is 34.7 Å². The van der Waals surface area contributed by atoms with Gasteiger partial charge in [0.05, 0.1) is 6.10 Å². The number of hydrogen-bond acceptors (Lipinski definition) is 4. The molecule has 1 fully saturated rings. The van der Waals surface area contributed by atoms with Gasteiger partial charge in [0.15, 0.2) is 5.69 Å². The first-order valence-corrected chi connectivity index (χ1v) is 7.83. The van der Waals surface area contributed by atoms with E-state index in [1.165, 1.54) is 0 Å². The summed E-state index contributed by atoms with van der Waals surface area (Å²) in [7, 11) is 0. The Kier molecular flexibility index (Phi) is 4.26. The van der Waals surface area contributed by atoms with Crippen molar-refractivity contribution in [3.8, 4) is 0 Å². The van der Waals surface area contributed by atoms with Crippen LogP contribution in [0.25, 0.3) is 0 Å². The second-order valence-electron chi connectivity index (χ2n) is 6.29. The van der Waals surface area contributed by atoms with Crippen LogP contribution in [-0.2, 0) is 17.7 Å². The Hall–Kier alpha value is -1.40. The molecule has 0 radical (unpaired) electrons. The molecule has 21 heavy (non-hydrogen) atoms. The number of hydrogen-bond donors (Lipinski definition) is 3. The summed E-state index contributed by atoms with van der Waals surface area (Å²) in [5, 5.41) is 13.5. The molecule has 0 bridgehead atoms. The summed E-state index contributed by atoms with van der Waals surface area (Å²) in [4.78, 5) is 12.3. The molecule has 1 amide bonds. The number of rotatable bonds is 4. The van der Waals surface area contributed by atoms with Crippen LogP contribution in [0.4, 0.5) is 0 Å². The Bertz CT molecular complexity index is 512.